The van der Waals surface area contributed by atoms with Crippen molar-refractivity contribution in [2.45, 2.75) is 17.4 Å². The second-order valence-electron chi connectivity index (χ2n) is 6.58. The molecule has 0 heterocycles. The lowest BCUT2D eigenvalue weighted by atomic mass is 9.88. The molecule has 5 rings (SSSR count). The van der Waals surface area contributed by atoms with Gasteiger partial charge in [-0.05, 0) is 27.8 Å². The average molecular weight is 313 g/mol. The van der Waals surface area contributed by atoms with Crippen LogP contribution in [0.4, 0.5) is 0 Å². The van der Waals surface area contributed by atoms with Gasteiger partial charge in [0, 0.05) is 4.92 Å². The average Bonchev–Trinajstić information content (AvgIpc) is 3.25. The molecule has 0 saturated heterocycles. The highest BCUT2D eigenvalue weighted by molar-refractivity contribution is 5.85. The van der Waals surface area contributed by atoms with Crippen LogP contribution < -0.4 is 0 Å². The summed E-state index contributed by atoms with van der Waals surface area (Å²) in [5, 5.41) is 11.9. The minimum Gasteiger partial charge on any atom is -0.264 e. The van der Waals surface area contributed by atoms with Crippen LogP contribution in [0.25, 0.3) is 11.1 Å². The third-order valence-electron chi connectivity index (χ3n) is 5.59. The fourth-order valence-corrected chi connectivity index (χ4v) is 4.72. The van der Waals surface area contributed by atoms with E-state index in [2.05, 4.69) is 24.3 Å². The van der Waals surface area contributed by atoms with Crippen molar-refractivity contribution in [3.05, 3.63) is 106 Å². The highest BCUT2D eigenvalue weighted by atomic mass is 16.6. The Morgan fingerprint density at radius 2 is 1.25 bits per heavy atom. The van der Waals surface area contributed by atoms with Crippen molar-refractivity contribution in [3.63, 3.8) is 0 Å². The van der Waals surface area contributed by atoms with Gasteiger partial charge < -0.3 is 0 Å². The first-order valence-electron chi connectivity index (χ1n) is 8.14. The van der Waals surface area contributed by atoms with Gasteiger partial charge in [-0.2, -0.15) is 0 Å². The minimum atomic E-state index is -0.607. The van der Waals surface area contributed by atoms with E-state index in [1.54, 1.807) is 0 Å². The Hall–Kier alpha value is -2.94. The second-order valence-corrected chi connectivity index (χ2v) is 6.58. The summed E-state index contributed by atoms with van der Waals surface area (Å²) in [5.41, 5.74) is 4.99. The van der Waals surface area contributed by atoms with Gasteiger partial charge >= 0.3 is 0 Å². The summed E-state index contributed by atoms with van der Waals surface area (Å²) >= 11 is 0. The topological polar surface area (TPSA) is 43.1 Å². The smallest absolute Gasteiger partial charge is 0.235 e. The summed E-state index contributed by atoms with van der Waals surface area (Å²) in [4.78, 5) is 11.8. The fraction of sp³-hybridized carbons (Fsp3) is 0.143. The molecular formula is C21H15NO2. The number of hydrogen-bond donors (Lipinski definition) is 0. The van der Waals surface area contributed by atoms with Gasteiger partial charge in [0.05, 0.1) is 5.92 Å². The molecule has 2 aliphatic carbocycles. The molecule has 3 nitrogen and oxygen atoms in total. The molecule has 0 bridgehead atoms. The highest BCUT2D eigenvalue weighted by Crippen LogP contribution is 2.70. The maximum Gasteiger partial charge on any atom is 0.235 e. The number of hydrogen-bond acceptors (Lipinski definition) is 2. The van der Waals surface area contributed by atoms with E-state index in [0.29, 0.717) is 0 Å². The first kappa shape index (κ1) is 13.5. The largest absolute Gasteiger partial charge is 0.264 e. The third kappa shape index (κ3) is 1.47. The molecule has 3 heteroatoms. The molecule has 1 spiro atoms. The second kappa shape index (κ2) is 4.54. The van der Waals surface area contributed by atoms with Gasteiger partial charge in [0.15, 0.2) is 0 Å². The van der Waals surface area contributed by atoms with E-state index in [4.69, 9.17) is 0 Å². The Bertz CT molecular complexity index is 919. The normalized spacial score (nSPS) is 22.0. The Morgan fingerprint density at radius 3 is 1.79 bits per heavy atom. The van der Waals surface area contributed by atoms with Crippen LogP contribution in [-0.2, 0) is 5.41 Å². The monoisotopic (exact) mass is 313 g/mol. The summed E-state index contributed by atoms with van der Waals surface area (Å²) in [5.74, 6) is -0.113. The zero-order valence-corrected chi connectivity index (χ0v) is 12.9. The zero-order chi connectivity index (χ0) is 16.3. The minimum absolute atomic E-state index is 0.0868. The Kier molecular flexibility index (Phi) is 2.55. The van der Waals surface area contributed by atoms with E-state index >= 15 is 0 Å². The van der Waals surface area contributed by atoms with Crippen molar-refractivity contribution in [3.8, 4) is 11.1 Å². The van der Waals surface area contributed by atoms with Crippen molar-refractivity contribution in [1.82, 2.24) is 0 Å². The van der Waals surface area contributed by atoms with Crippen LogP contribution in [0.3, 0.4) is 0 Å². The van der Waals surface area contributed by atoms with E-state index < -0.39 is 11.5 Å². The Morgan fingerprint density at radius 1 is 0.750 bits per heavy atom. The zero-order valence-electron chi connectivity index (χ0n) is 12.9. The van der Waals surface area contributed by atoms with Gasteiger partial charge in [0.25, 0.3) is 0 Å². The third-order valence-corrected chi connectivity index (χ3v) is 5.59. The summed E-state index contributed by atoms with van der Waals surface area (Å²) in [6.45, 7) is 0. The van der Waals surface area contributed by atoms with Gasteiger partial charge in [-0.3, -0.25) is 10.1 Å². The summed E-state index contributed by atoms with van der Waals surface area (Å²) in [6, 6.07) is 25.6. The summed E-state index contributed by atoms with van der Waals surface area (Å²) in [6.07, 6.45) is 0. The lowest BCUT2D eigenvalue weighted by Gasteiger charge is -2.11. The first-order valence-corrected chi connectivity index (χ1v) is 8.14. The fourth-order valence-electron chi connectivity index (χ4n) is 4.72. The molecular weight excluding hydrogens is 298 g/mol. The molecule has 0 N–H and O–H groups in total. The Balaban J connectivity index is 1.82. The van der Waals surface area contributed by atoms with Crippen molar-refractivity contribution in [2.24, 2.45) is 0 Å². The van der Waals surface area contributed by atoms with Crippen LogP contribution in [0, 0.1) is 10.1 Å². The molecule has 1 saturated carbocycles. The molecule has 0 radical (unpaired) electrons. The highest BCUT2D eigenvalue weighted by Gasteiger charge is 2.78. The van der Waals surface area contributed by atoms with Crippen LogP contribution >= 0.6 is 0 Å². The van der Waals surface area contributed by atoms with Crippen LogP contribution in [0.2, 0.25) is 0 Å². The molecule has 24 heavy (non-hydrogen) atoms. The van der Waals surface area contributed by atoms with Gasteiger partial charge in [0.1, 0.15) is 5.41 Å². The molecule has 1 fully saturated rings. The number of benzene rings is 3. The first-order chi connectivity index (χ1) is 11.8. The number of fused-ring (bicyclic) bond motifs is 5. The van der Waals surface area contributed by atoms with E-state index in [0.717, 1.165) is 27.8 Å². The maximum atomic E-state index is 11.9. The standard InChI is InChI=1S/C21H15NO2/c23-22(24)20-19(14-8-2-1-3-9-14)21(20)17-12-6-4-10-15(17)16-11-5-7-13-18(16)21/h1-13,19-20H/t19-,20+/m1/s1. The number of nitro groups is 1. The molecule has 116 valence electrons. The van der Waals surface area contributed by atoms with Crippen molar-refractivity contribution >= 4 is 0 Å². The van der Waals surface area contributed by atoms with Crippen LogP contribution in [0.1, 0.15) is 22.6 Å². The molecule has 3 aromatic rings. The molecule has 0 amide bonds. The van der Waals surface area contributed by atoms with E-state index in [-0.39, 0.29) is 10.8 Å². The Labute approximate surface area is 139 Å². The molecule has 0 aromatic heterocycles. The van der Waals surface area contributed by atoms with Gasteiger partial charge in [-0.25, -0.2) is 0 Å². The molecule has 0 unspecified atom stereocenters. The molecule has 0 aliphatic heterocycles. The van der Waals surface area contributed by atoms with Crippen LogP contribution in [0.15, 0.2) is 78.9 Å². The van der Waals surface area contributed by atoms with E-state index in [1.165, 1.54) is 0 Å². The summed E-state index contributed by atoms with van der Waals surface area (Å²) < 4.78 is 0. The van der Waals surface area contributed by atoms with Crippen LogP contribution in [-0.4, -0.2) is 11.0 Å². The number of nitrogens with zero attached hydrogens (tertiary/aromatic N) is 1. The summed E-state index contributed by atoms with van der Waals surface area (Å²) in [7, 11) is 0. The van der Waals surface area contributed by atoms with Gasteiger partial charge in [-0.15, -0.1) is 0 Å². The maximum absolute atomic E-state index is 11.9. The molecule has 2 aliphatic rings. The van der Waals surface area contributed by atoms with Crippen molar-refractivity contribution < 1.29 is 4.92 Å². The SMILES string of the molecule is O=[N+]([O-])[C@H]1[C@@H](c2ccccc2)C12c1ccccc1-c1ccccc12. The van der Waals surface area contributed by atoms with Crippen molar-refractivity contribution in [1.29, 1.82) is 0 Å². The predicted octanol–water partition coefficient (Wildman–Crippen LogP) is 4.40. The van der Waals surface area contributed by atoms with Crippen molar-refractivity contribution in [2.75, 3.05) is 0 Å². The van der Waals surface area contributed by atoms with Gasteiger partial charge in [-0.1, -0.05) is 78.9 Å². The molecule has 3 aromatic carbocycles. The van der Waals surface area contributed by atoms with Gasteiger partial charge in [0.2, 0.25) is 6.04 Å². The molecule has 2 atom stereocenters. The van der Waals surface area contributed by atoms with E-state index in [9.17, 15) is 10.1 Å². The van der Waals surface area contributed by atoms with E-state index in [1.807, 2.05) is 54.6 Å². The van der Waals surface area contributed by atoms with Crippen LogP contribution in [0.5, 0.6) is 0 Å². The lowest BCUT2D eigenvalue weighted by Crippen LogP contribution is -2.17. The lowest BCUT2D eigenvalue weighted by molar-refractivity contribution is -0.499. The predicted molar refractivity (Wildman–Crippen MR) is 92.6 cm³/mol. The number of rotatable bonds is 2. The quantitative estimate of drug-likeness (QED) is 0.520.